The standard InChI is InChI=1S/C19H31NO6.C12H12N4O.C8H17NO2.C5H11NO2.C2H6/c1-11-7-6-8-14(24-5)9-12(2)15(21)13(3)16-19(4,10-25-17(11)22)26-18(23)20-16;17-10-13-7-1-2-11-3-5-12(6-4-11)16-9-14-8-15-16;1-6-4-7(9(2)3)5-8(10)11-6;1-3-6(4-2)5(7)8;1-2/h11-14,16H,6-10H2,1-5H3,(H,20,23);1-6,8-10H,7H2,(H,13,17);6-8,10H,4-5H2,1-3H3;3-4H2,1-2H3,(H,7,8);1-2H3/b;2-1+;;;/t11-,12-,13+,14+,16-,19-;;6-,7+,8?;;/m1.1../s1. The molecule has 9 atom stereocenters. The second-order valence-corrected chi connectivity index (χ2v) is 16.3. The van der Waals surface area contributed by atoms with Crippen LogP contribution in [0.25, 0.3) is 11.8 Å². The number of fused-ring (bicyclic) bond motifs is 1. The minimum absolute atomic E-state index is 0.0342. The number of carbonyl (C=O) groups is 5. The van der Waals surface area contributed by atoms with Crippen molar-refractivity contribution in [1.82, 2.24) is 35.2 Å². The van der Waals surface area contributed by atoms with Gasteiger partial charge in [-0.3, -0.25) is 14.4 Å². The predicted octanol–water partition coefficient (Wildman–Crippen LogP) is 5.96. The highest BCUT2D eigenvalue weighted by molar-refractivity contribution is 5.85. The summed E-state index contributed by atoms with van der Waals surface area (Å²) in [6, 6.07) is 7.80. The summed E-state index contributed by atoms with van der Waals surface area (Å²) in [5.74, 6) is -1.16. The van der Waals surface area contributed by atoms with E-state index in [1.54, 1.807) is 32.0 Å². The monoisotopic (exact) mass is 904 g/mol. The molecule has 4 N–H and O–H groups in total. The molecular formula is C46H77N7O11. The van der Waals surface area contributed by atoms with E-state index in [-0.39, 0.29) is 42.4 Å². The minimum Gasteiger partial charge on any atom is -0.465 e. The number of nitrogens with one attached hydrogen (secondary N) is 2. The van der Waals surface area contributed by atoms with Gasteiger partial charge < -0.3 is 49.6 Å². The lowest BCUT2D eigenvalue weighted by molar-refractivity contribution is -0.172. The maximum absolute atomic E-state index is 12.9. The van der Waals surface area contributed by atoms with Crippen LogP contribution in [0.4, 0.5) is 9.59 Å². The number of Topliss-reactive ketones (excluding diaryl/α,β-unsaturated/α-hetero) is 1. The van der Waals surface area contributed by atoms with Crippen LogP contribution in [0.5, 0.6) is 0 Å². The molecule has 0 spiro atoms. The summed E-state index contributed by atoms with van der Waals surface area (Å²) in [6.45, 7) is 18.5. The van der Waals surface area contributed by atoms with E-state index in [4.69, 9.17) is 24.1 Å². The van der Waals surface area contributed by atoms with Gasteiger partial charge in [-0.25, -0.2) is 19.3 Å². The number of aliphatic hydroxyl groups excluding tert-OH is 1. The SMILES string of the molecule is CC.CCN(CC)C(=O)O.CO[C@H]1CCC[C@@H](C)C(=O)OC[C@@]2(C)OC(=O)N[C@@H]2[C@@H](C)C(=O)[C@H](C)C1.C[C@@H]1C[C@H](N(C)C)CC(O)O1.O=CNC/C=C/c1ccc(-n2cncn2)cc1. The molecule has 3 fully saturated rings. The van der Waals surface area contributed by atoms with E-state index >= 15 is 0 Å². The van der Waals surface area contributed by atoms with Gasteiger partial charge in [-0.2, -0.15) is 5.10 Å². The molecule has 0 bridgehead atoms. The summed E-state index contributed by atoms with van der Waals surface area (Å²) in [6.07, 6.45) is 10.5. The number of esters is 1. The van der Waals surface area contributed by atoms with Crippen molar-refractivity contribution < 1.29 is 53.1 Å². The van der Waals surface area contributed by atoms with Crippen molar-refractivity contribution in [3.05, 3.63) is 48.6 Å². The lowest BCUT2D eigenvalue weighted by Crippen LogP contribution is -2.52. The molecule has 64 heavy (non-hydrogen) atoms. The number of rotatable bonds is 9. The number of ether oxygens (including phenoxy) is 4. The van der Waals surface area contributed by atoms with E-state index in [2.05, 4.69) is 25.6 Å². The molecule has 1 unspecified atom stereocenters. The first-order valence-electron chi connectivity index (χ1n) is 22.4. The maximum Gasteiger partial charge on any atom is 0.408 e. The fraction of sp³-hybridized carbons (Fsp3) is 0.674. The number of hydrogen-bond donors (Lipinski definition) is 4. The van der Waals surface area contributed by atoms with Crippen LogP contribution in [0.2, 0.25) is 0 Å². The Balaban J connectivity index is 0.000000461. The van der Waals surface area contributed by atoms with Gasteiger partial charge in [0.2, 0.25) is 6.41 Å². The second-order valence-electron chi connectivity index (χ2n) is 16.3. The summed E-state index contributed by atoms with van der Waals surface area (Å²) in [7, 11) is 5.72. The summed E-state index contributed by atoms with van der Waals surface area (Å²) in [5.41, 5.74) is 0.971. The number of hydrogen-bond acceptors (Lipinski definition) is 13. The zero-order valence-corrected chi connectivity index (χ0v) is 40.2. The number of aliphatic hydroxyl groups is 1. The maximum atomic E-state index is 12.9. The molecule has 1 aromatic carbocycles. The number of benzene rings is 1. The van der Waals surface area contributed by atoms with Gasteiger partial charge in [0.1, 0.15) is 25.0 Å². The molecule has 3 saturated heterocycles. The number of ketones is 1. The van der Waals surface area contributed by atoms with Gasteiger partial charge in [0.25, 0.3) is 0 Å². The number of amides is 3. The van der Waals surface area contributed by atoms with Gasteiger partial charge in [-0.05, 0) is 85.2 Å². The molecule has 3 aliphatic heterocycles. The van der Waals surface area contributed by atoms with Crippen molar-refractivity contribution in [2.45, 2.75) is 137 Å². The molecule has 3 amide bonds. The fourth-order valence-corrected chi connectivity index (χ4v) is 7.34. The van der Waals surface area contributed by atoms with Gasteiger partial charge in [0.15, 0.2) is 11.9 Å². The van der Waals surface area contributed by atoms with Crippen LogP contribution in [0, 0.1) is 17.8 Å². The van der Waals surface area contributed by atoms with Crippen LogP contribution >= 0.6 is 0 Å². The van der Waals surface area contributed by atoms with Gasteiger partial charge in [0.05, 0.1) is 29.9 Å². The van der Waals surface area contributed by atoms with Crippen molar-refractivity contribution in [2.24, 2.45) is 17.8 Å². The number of alkyl carbamates (subject to hydrolysis) is 1. The number of aromatic nitrogens is 3. The molecule has 0 saturated carbocycles. The van der Waals surface area contributed by atoms with Gasteiger partial charge in [-0.15, -0.1) is 0 Å². The Morgan fingerprint density at radius 1 is 1.03 bits per heavy atom. The van der Waals surface area contributed by atoms with E-state index in [9.17, 15) is 29.1 Å². The Morgan fingerprint density at radius 3 is 2.20 bits per heavy atom. The molecule has 3 aliphatic rings. The Morgan fingerprint density at radius 2 is 1.69 bits per heavy atom. The molecule has 0 radical (unpaired) electrons. The Labute approximate surface area is 380 Å². The average molecular weight is 904 g/mol. The third kappa shape index (κ3) is 19.9. The second kappa shape index (κ2) is 30.3. The molecular weight excluding hydrogens is 827 g/mol. The van der Waals surface area contributed by atoms with Crippen LogP contribution in [0.15, 0.2) is 43.0 Å². The highest BCUT2D eigenvalue weighted by Crippen LogP contribution is 2.32. The molecule has 5 rings (SSSR count). The highest BCUT2D eigenvalue weighted by atomic mass is 16.6. The van der Waals surface area contributed by atoms with Crippen molar-refractivity contribution >= 4 is 36.4 Å². The number of methoxy groups -OCH3 is 1. The Bertz CT molecular complexity index is 1660. The number of carbonyl (C=O) groups excluding carboxylic acids is 4. The van der Waals surface area contributed by atoms with Gasteiger partial charge >= 0.3 is 18.2 Å². The molecule has 18 nitrogen and oxygen atoms in total. The Kier molecular flexibility index (Phi) is 27.0. The van der Waals surface area contributed by atoms with Crippen LogP contribution in [-0.2, 0) is 33.3 Å². The lowest BCUT2D eigenvalue weighted by atomic mass is 9.80. The van der Waals surface area contributed by atoms with Gasteiger partial charge in [0, 0.05) is 51.0 Å². The lowest BCUT2D eigenvalue weighted by Gasteiger charge is -2.34. The summed E-state index contributed by atoms with van der Waals surface area (Å²) < 4.78 is 23.2. The zero-order valence-electron chi connectivity index (χ0n) is 40.2. The van der Waals surface area contributed by atoms with Crippen LogP contribution in [0.1, 0.15) is 106 Å². The minimum atomic E-state index is -1.06. The van der Waals surface area contributed by atoms with E-state index in [0.717, 1.165) is 36.9 Å². The zero-order chi connectivity index (χ0) is 48.4. The average Bonchev–Trinajstić information content (AvgIpc) is 3.92. The van der Waals surface area contributed by atoms with Gasteiger partial charge in [-0.1, -0.05) is 65.3 Å². The normalized spacial score (nSPS) is 27.1. The van der Waals surface area contributed by atoms with Crippen molar-refractivity contribution in [3.63, 3.8) is 0 Å². The first-order valence-corrected chi connectivity index (χ1v) is 22.4. The molecule has 4 heterocycles. The first kappa shape index (κ1) is 57.1. The number of nitrogens with zero attached hydrogens (tertiary/aromatic N) is 5. The van der Waals surface area contributed by atoms with Crippen molar-refractivity contribution in [1.29, 1.82) is 0 Å². The summed E-state index contributed by atoms with van der Waals surface area (Å²) in [5, 5.41) is 26.9. The van der Waals surface area contributed by atoms with Crippen LogP contribution in [0.3, 0.4) is 0 Å². The molecule has 0 aliphatic carbocycles. The highest BCUT2D eigenvalue weighted by Gasteiger charge is 2.51. The first-order chi connectivity index (χ1) is 30.4. The van der Waals surface area contributed by atoms with E-state index in [0.29, 0.717) is 44.9 Å². The summed E-state index contributed by atoms with van der Waals surface area (Å²) in [4.78, 5) is 64.5. The Hall–Kier alpha value is -4.91. The molecule has 362 valence electrons. The van der Waals surface area contributed by atoms with Crippen LogP contribution < -0.4 is 10.6 Å². The largest absolute Gasteiger partial charge is 0.465 e. The van der Waals surface area contributed by atoms with Crippen LogP contribution in [-0.4, -0.2) is 149 Å². The quantitative estimate of drug-likeness (QED) is 0.130. The third-order valence-corrected chi connectivity index (χ3v) is 11.1. The number of cyclic esters (lactones) is 1. The smallest absolute Gasteiger partial charge is 0.408 e. The molecule has 2 aromatic rings. The molecule has 18 heteroatoms. The van der Waals surface area contributed by atoms with Crippen molar-refractivity contribution in [3.8, 4) is 5.69 Å². The van der Waals surface area contributed by atoms with E-state index in [1.807, 2.05) is 99.0 Å². The van der Waals surface area contributed by atoms with Crippen molar-refractivity contribution in [2.75, 3.05) is 47.4 Å². The number of carboxylic acid groups (broad SMARTS) is 1. The fourth-order valence-electron chi connectivity index (χ4n) is 7.34. The predicted molar refractivity (Wildman–Crippen MR) is 245 cm³/mol. The third-order valence-electron chi connectivity index (χ3n) is 11.1. The summed E-state index contributed by atoms with van der Waals surface area (Å²) >= 11 is 0. The van der Waals surface area contributed by atoms with E-state index in [1.165, 1.54) is 11.2 Å². The van der Waals surface area contributed by atoms with E-state index < -0.39 is 36.0 Å². The molecule has 1 aromatic heterocycles. The topological polar surface area (TPSA) is 224 Å².